The summed E-state index contributed by atoms with van der Waals surface area (Å²) >= 11 is 0. The quantitative estimate of drug-likeness (QED) is 0.786. The van der Waals surface area contributed by atoms with Gasteiger partial charge in [-0.05, 0) is 44.0 Å². The Morgan fingerprint density at radius 2 is 2.19 bits per heavy atom. The molecule has 1 aliphatic rings. The zero-order valence-corrected chi connectivity index (χ0v) is 10.2. The highest BCUT2D eigenvalue weighted by molar-refractivity contribution is 5.07. The van der Waals surface area contributed by atoms with Crippen LogP contribution in [0.4, 0.5) is 0 Å². The normalized spacial score (nSPS) is 26.6. The van der Waals surface area contributed by atoms with E-state index in [-0.39, 0.29) is 0 Å². The molecule has 2 nitrogen and oxygen atoms in total. The predicted molar refractivity (Wildman–Crippen MR) is 66.6 cm³/mol. The van der Waals surface area contributed by atoms with Gasteiger partial charge in [-0.1, -0.05) is 26.2 Å². The van der Waals surface area contributed by atoms with E-state index in [0.29, 0.717) is 5.92 Å². The van der Waals surface area contributed by atoms with Gasteiger partial charge >= 0.3 is 0 Å². The van der Waals surface area contributed by atoms with Crippen LogP contribution in [0.1, 0.15) is 50.7 Å². The van der Waals surface area contributed by atoms with Crippen molar-refractivity contribution < 1.29 is 4.42 Å². The van der Waals surface area contributed by atoms with Gasteiger partial charge in [-0.25, -0.2) is 0 Å². The maximum Gasteiger partial charge on any atom is 0.107 e. The maximum atomic E-state index is 5.61. The maximum absolute atomic E-state index is 5.61. The molecule has 0 saturated heterocycles. The average molecular weight is 221 g/mol. The second-order valence-electron chi connectivity index (χ2n) is 4.83. The summed E-state index contributed by atoms with van der Waals surface area (Å²) < 4.78 is 5.61. The molecule has 1 aromatic heterocycles. The largest absolute Gasteiger partial charge is 0.469 e. The highest BCUT2D eigenvalue weighted by Gasteiger charge is 2.26. The van der Waals surface area contributed by atoms with Gasteiger partial charge < -0.3 is 9.73 Å². The van der Waals surface area contributed by atoms with Gasteiger partial charge in [0.05, 0.1) is 6.26 Å². The lowest BCUT2D eigenvalue weighted by molar-refractivity contribution is 0.330. The number of nitrogens with one attached hydrogen (secondary N) is 1. The molecule has 90 valence electrons. The van der Waals surface area contributed by atoms with Crippen molar-refractivity contribution in [3.8, 4) is 0 Å². The summed E-state index contributed by atoms with van der Waals surface area (Å²) in [5.74, 6) is 2.59. The van der Waals surface area contributed by atoms with Crippen molar-refractivity contribution in [1.82, 2.24) is 5.32 Å². The Labute approximate surface area is 98.4 Å². The number of hydrogen-bond donors (Lipinski definition) is 1. The van der Waals surface area contributed by atoms with E-state index in [9.17, 15) is 0 Å². The van der Waals surface area contributed by atoms with Crippen LogP contribution in [0, 0.1) is 5.92 Å². The van der Waals surface area contributed by atoms with E-state index in [0.717, 1.165) is 19.0 Å². The summed E-state index contributed by atoms with van der Waals surface area (Å²) in [7, 11) is 0. The minimum absolute atomic E-state index is 0.636. The topological polar surface area (TPSA) is 25.2 Å². The van der Waals surface area contributed by atoms with E-state index in [1.807, 2.05) is 12.3 Å². The third kappa shape index (κ3) is 2.88. The van der Waals surface area contributed by atoms with Crippen LogP contribution in [0.25, 0.3) is 0 Å². The van der Waals surface area contributed by atoms with Crippen molar-refractivity contribution >= 4 is 0 Å². The number of hydrogen-bond acceptors (Lipinski definition) is 2. The first-order chi connectivity index (χ1) is 7.92. The lowest BCUT2D eigenvalue weighted by Crippen LogP contribution is -2.26. The van der Waals surface area contributed by atoms with Crippen LogP contribution in [0.2, 0.25) is 0 Å². The summed E-state index contributed by atoms with van der Waals surface area (Å²) in [6.07, 6.45) is 8.58. The monoisotopic (exact) mass is 221 g/mol. The van der Waals surface area contributed by atoms with Crippen LogP contribution in [-0.2, 0) is 0 Å². The van der Waals surface area contributed by atoms with Gasteiger partial charge in [0.1, 0.15) is 5.76 Å². The standard InChI is InChI=1S/C14H23NO/c1-2-15-11-12-7-4-3-5-8-13(12)14-9-6-10-16-14/h6,9-10,12-13,15H,2-5,7-8,11H2,1H3. The second-order valence-corrected chi connectivity index (χ2v) is 4.83. The molecular weight excluding hydrogens is 198 g/mol. The third-order valence-corrected chi connectivity index (χ3v) is 3.72. The zero-order chi connectivity index (χ0) is 11.2. The Morgan fingerprint density at radius 1 is 1.31 bits per heavy atom. The van der Waals surface area contributed by atoms with Crippen molar-refractivity contribution in [3.63, 3.8) is 0 Å². The average Bonchev–Trinajstić information content (AvgIpc) is 2.73. The zero-order valence-electron chi connectivity index (χ0n) is 10.2. The molecular formula is C14H23NO. The highest BCUT2D eigenvalue weighted by atomic mass is 16.3. The minimum Gasteiger partial charge on any atom is -0.469 e. The van der Waals surface area contributed by atoms with E-state index < -0.39 is 0 Å². The highest BCUT2D eigenvalue weighted by Crippen LogP contribution is 2.36. The van der Waals surface area contributed by atoms with Gasteiger partial charge in [-0.3, -0.25) is 0 Å². The summed E-state index contributed by atoms with van der Waals surface area (Å²) in [6.45, 7) is 4.39. The van der Waals surface area contributed by atoms with Crippen LogP contribution in [0.15, 0.2) is 22.8 Å². The van der Waals surface area contributed by atoms with Gasteiger partial charge in [0.2, 0.25) is 0 Å². The Balaban J connectivity index is 2.04. The molecule has 1 aromatic rings. The molecule has 0 spiro atoms. The molecule has 16 heavy (non-hydrogen) atoms. The molecule has 0 aliphatic heterocycles. The van der Waals surface area contributed by atoms with Gasteiger partial charge in [0.15, 0.2) is 0 Å². The van der Waals surface area contributed by atoms with E-state index >= 15 is 0 Å². The molecule has 2 atom stereocenters. The number of rotatable bonds is 4. The second kappa shape index (κ2) is 6.09. The van der Waals surface area contributed by atoms with Gasteiger partial charge in [-0.15, -0.1) is 0 Å². The first-order valence-corrected chi connectivity index (χ1v) is 6.66. The SMILES string of the molecule is CCNCC1CCCCCC1c1ccco1. The lowest BCUT2D eigenvalue weighted by atomic mass is 9.86. The van der Waals surface area contributed by atoms with Crippen molar-refractivity contribution in [2.24, 2.45) is 5.92 Å². The predicted octanol–water partition coefficient (Wildman–Crippen LogP) is 3.55. The van der Waals surface area contributed by atoms with E-state index in [2.05, 4.69) is 18.3 Å². The molecule has 0 aromatic carbocycles. The lowest BCUT2D eigenvalue weighted by Gasteiger charge is -2.23. The van der Waals surface area contributed by atoms with Crippen molar-refractivity contribution in [3.05, 3.63) is 24.2 Å². The summed E-state index contributed by atoms with van der Waals surface area (Å²) in [5, 5.41) is 3.50. The first kappa shape index (κ1) is 11.7. The Hall–Kier alpha value is -0.760. The molecule has 0 radical (unpaired) electrons. The number of furan rings is 1. The summed E-state index contributed by atoms with van der Waals surface area (Å²) in [6, 6.07) is 4.17. The fraction of sp³-hybridized carbons (Fsp3) is 0.714. The third-order valence-electron chi connectivity index (χ3n) is 3.72. The summed E-state index contributed by atoms with van der Waals surface area (Å²) in [5.41, 5.74) is 0. The van der Waals surface area contributed by atoms with Crippen LogP contribution in [-0.4, -0.2) is 13.1 Å². The fourth-order valence-electron chi connectivity index (χ4n) is 2.84. The van der Waals surface area contributed by atoms with E-state index in [4.69, 9.17) is 4.42 Å². The molecule has 1 saturated carbocycles. The molecule has 0 bridgehead atoms. The van der Waals surface area contributed by atoms with Crippen LogP contribution >= 0.6 is 0 Å². The smallest absolute Gasteiger partial charge is 0.107 e. The van der Waals surface area contributed by atoms with Crippen molar-refractivity contribution in [2.45, 2.75) is 44.9 Å². The van der Waals surface area contributed by atoms with Crippen LogP contribution < -0.4 is 5.32 Å². The molecule has 1 N–H and O–H groups in total. The van der Waals surface area contributed by atoms with Gasteiger partial charge in [0.25, 0.3) is 0 Å². The minimum atomic E-state index is 0.636. The van der Waals surface area contributed by atoms with E-state index in [1.54, 1.807) is 0 Å². The Morgan fingerprint density at radius 3 is 2.94 bits per heavy atom. The first-order valence-electron chi connectivity index (χ1n) is 6.66. The Bertz CT molecular complexity index is 281. The molecule has 1 fully saturated rings. The van der Waals surface area contributed by atoms with E-state index in [1.165, 1.54) is 37.9 Å². The van der Waals surface area contributed by atoms with Gasteiger partial charge in [-0.2, -0.15) is 0 Å². The summed E-state index contributed by atoms with van der Waals surface area (Å²) in [4.78, 5) is 0. The van der Waals surface area contributed by atoms with Gasteiger partial charge in [0, 0.05) is 5.92 Å². The van der Waals surface area contributed by atoms with Crippen molar-refractivity contribution in [2.75, 3.05) is 13.1 Å². The molecule has 0 amide bonds. The molecule has 2 unspecified atom stereocenters. The fourth-order valence-corrected chi connectivity index (χ4v) is 2.84. The molecule has 2 heteroatoms. The van der Waals surface area contributed by atoms with Crippen LogP contribution in [0.5, 0.6) is 0 Å². The molecule has 2 rings (SSSR count). The molecule has 1 aliphatic carbocycles. The van der Waals surface area contributed by atoms with Crippen molar-refractivity contribution in [1.29, 1.82) is 0 Å². The Kier molecular flexibility index (Phi) is 4.46. The van der Waals surface area contributed by atoms with Crippen LogP contribution in [0.3, 0.4) is 0 Å². The molecule has 1 heterocycles.